The summed E-state index contributed by atoms with van der Waals surface area (Å²) in [7, 11) is 0. The first-order valence-electron chi connectivity index (χ1n) is 5.65. The number of aromatic nitrogens is 1. The van der Waals surface area contributed by atoms with Crippen molar-refractivity contribution >= 4 is 26.8 Å². The Bertz CT molecular complexity index is 552. The Hall–Kier alpha value is -0.800. The molecule has 2 nitrogen and oxygen atoms in total. The molecule has 84 valence electrons. The minimum atomic E-state index is 0.253. The Morgan fingerprint density at radius 2 is 2.19 bits per heavy atom. The molecule has 0 unspecified atom stereocenters. The molecule has 0 spiro atoms. The van der Waals surface area contributed by atoms with Gasteiger partial charge >= 0.3 is 0 Å². The summed E-state index contributed by atoms with van der Waals surface area (Å²) in [6, 6.07) is 6.40. The number of halogens is 1. The Kier molecular flexibility index (Phi) is 2.17. The van der Waals surface area contributed by atoms with Crippen molar-refractivity contribution in [3.05, 3.63) is 33.9 Å². The molecule has 1 heterocycles. The third kappa shape index (κ3) is 1.35. The van der Waals surface area contributed by atoms with Crippen LogP contribution >= 0.6 is 15.9 Å². The first-order chi connectivity index (χ1) is 7.66. The molecule has 0 amide bonds. The average molecular weight is 279 g/mol. The van der Waals surface area contributed by atoms with E-state index >= 15 is 0 Å². The zero-order valence-corrected chi connectivity index (χ0v) is 10.9. The SMILES string of the molecule is Cc1[nH]c2ccc(Br)cc2c1C1(CN)CC1. The number of nitrogens with two attached hydrogens (primary N) is 1. The summed E-state index contributed by atoms with van der Waals surface area (Å²) in [6.45, 7) is 2.91. The molecule has 3 heteroatoms. The first-order valence-corrected chi connectivity index (χ1v) is 6.44. The zero-order chi connectivity index (χ0) is 11.3. The second-order valence-electron chi connectivity index (χ2n) is 4.80. The van der Waals surface area contributed by atoms with Gasteiger partial charge in [0.25, 0.3) is 0 Å². The van der Waals surface area contributed by atoms with Crippen LogP contribution in [-0.4, -0.2) is 11.5 Å². The fourth-order valence-corrected chi connectivity index (χ4v) is 3.05. The summed E-state index contributed by atoms with van der Waals surface area (Å²) >= 11 is 3.54. The molecule has 0 radical (unpaired) electrons. The number of aromatic amines is 1. The van der Waals surface area contributed by atoms with Gasteiger partial charge in [-0.15, -0.1) is 0 Å². The second-order valence-corrected chi connectivity index (χ2v) is 5.72. The van der Waals surface area contributed by atoms with Crippen LogP contribution in [-0.2, 0) is 5.41 Å². The third-order valence-corrected chi connectivity index (χ3v) is 4.22. The topological polar surface area (TPSA) is 41.8 Å². The molecule has 3 rings (SSSR count). The van der Waals surface area contributed by atoms with E-state index < -0.39 is 0 Å². The summed E-state index contributed by atoms with van der Waals surface area (Å²) < 4.78 is 1.13. The van der Waals surface area contributed by atoms with Crippen LogP contribution in [0.25, 0.3) is 10.9 Å². The van der Waals surface area contributed by atoms with Crippen molar-refractivity contribution in [1.29, 1.82) is 0 Å². The van der Waals surface area contributed by atoms with Crippen LogP contribution in [0.1, 0.15) is 24.1 Å². The van der Waals surface area contributed by atoms with E-state index in [0.717, 1.165) is 11.0 Å². The molecule has 1 aromatic carbocycles. The van der Waals surface area contributed by atoms with Gasteiger partial charge in [-0.1, -0.05) is 15.9 Å². The average Bonchev–Trinajstić information content (AvgIpc) is 2.97. The van der Waals surface area contributed by atoms with E-state index in [4.69, 9.17) is 5.73 Å². The molecule has 2 aromatic rings. The molecule has 0 saturated heterocycles. The molecule has 0 atom stereocenters. The quantitative estimate of drug-likeness (QED) is 0.870. The first kappa shape index (κ1) is 10.4. The lowest BCUT2D eigenvalue weighted by atomic mass is 9.93. The molecule has 1 aliphatic carbocycles. The number of rotatable bonds is 2. The van der Waals surface area contributed by atoms with E-state index in [1.165, 1.54) is 35.0 Å². The van der Waals surface area contributed by atoms with Crippen molar-refractivity contribution in [3.63, 3.8) is 0 Å². The molecular weight excluding hydrogens is 264 g/mol. The summed E-state index contributed by atoms with van der Waals surface area (Å²) in [5.74, 6) is 0. The largest absolute Gasteiger partial charge is 0.358 e. The monoisotopic (exact) mass is 278 g/mol. The highest BCUT2D eigenvalue weighted by Gasteiger charge is 2.45. The minimum Gasteiger partial charge on any atom is -0.358 e. The highest BCUT2D eigenvalue weighted by atomic mass is 79.9. The number of nitrogens with one attached hydrogen (secondary N) is 1. The van der Waals surface area contributed by atoms with E-state index in [2.05, 4.69) is 46.0 Å². The Labute approximate surface area is 103 Å². The predicted molar refractivity (Wildman–Crippen MR) is 70.7 cm³/mol. The van der Waals surface area contributed by atoms with Gasteiger partial charge in [-0.2, -0.15) is 0 Å². The van der Waals surface area contributed by atoms with Gasteiger partial charge in [0.2, 0.25) is 0 Å². The van der Waals surface area contributed by atoms with Crippen LogP contribution in [0.4, 0.5) is 0 Å². The highest BCUT2D eigenvalue weighted by molar-refractivity contribution is 9.10. The minimum absolute atomic E-state index is 0.253. The maximum Gasteiger partial charge on any atom is 0.0459 e. The van der Waals surface area contributed by atoms with Crippen molar-refractivity contribution in [3.8, 4) is 0 Å². The molecule has 1 aliphatic rings. The normalized spacial score (nSPS) is 17.9. The van der Waals surface area contributed by atoms with E-state index in [1.807, 2.05) is 0 Å². The molecule has 3 N–H and O–H groups in total. The number of H-pyrrole nitrogens is 1. The van der Waals surface area contributed by atoms with Crippen molar-refractivity contribution < 1.29 is 0 Å². The Morgan fingerprint density at radius 3 is 2.81 bits per heavy atom. The van der Waals surface area contributed by atoms with Crippen molar-refractivity contribution in [2.24, 2.45) is 5.73 Å². The number of hydrogen-bond donors (Lipinski definition) is 2. The lowest BCUT2D eigenvalue weighted by Gasteiger charge is -2.13. The van der Waals surface area contributed by atoms with E-state index in [-0.39, 0.29) is 5.41 Å². The van der Waals surface area contributed by atoms with Gasteiger partial charge in [0, 0.05) is 33.0 Å². The number of hydrogen-bond acceptors (Lipinski definition) is 1. The number of fused-ring (bicyclic) bond motifs is 1. The van der Waals surface area contributed by atoms with E-state index in [0.29, 0.717) is 0 Å². The number of aryl methyl sites for hydroxylation is 1. The summed E-state index contributed by atoms with van der Waals surface area (Å²) in [5.41, 5.74) is 10.1. The van der Waals surface area contributed by atoms with Gasteiger partial charge in [-0.25, -0.2) is 0 Å². The fourth-order valence-electron chi connectivity index (χ4n) is 2.69. The van der Waals surface area contributed by atoms with E-state index in [1.54, 1.807) is 0 Å². The standard InChI is InChI=1S/C13H15BrN2/c1-8-12(13(7-15)4-5-13)10-6-9(14)2-3-11(10)16-8/h2-3,6,16H,4-5,7,15H2,1H3. The Morgan fingerprint density at radius 1 is 1.44 bits per heavy atom. The maximum absolute atomic E-state index is 5.93. The highest BCUT2D eigenvalue weighted by Crippen LogP contribution is 2.51. The molecule has 1 aromatic heterocycles. The van der Waals surface area contributed by atoms with Crippen LogP contribution in [0.5, 0.6) is 0 Å². The molecular formula is C13H15BrN2. The second kappa shape index (κ2) is 3.34. The molecule has 0 bridgehead atoms. The molecule has 0 aliphatic heterocycles. The summed E-state index contributed by atoms with van der Waals surface area (Å²) in [6.07, 6.45) is 2.45. The molecule has 1 fully saturated rings. The van der Waals surface area contributed by atoms with Crippen LogP contribution in [0, 0.1) is 6.92 Å². The van der Waals surface area contributed by atoms with Gasteiger partial charge in [-0.05, 0) is 43.5 Å². The predicted octanol–water partition coefficient (Wildman–Crippen LogP) is 3.23. The van der Waals surface area contributed by atoms with Crippen molar-refractivity contribution in [1.82, 2.24) is 4.98 Å². The Balaban J connectivity index is 2.30. The maximum atomic E-state index is 5.93. The summed E-state index contributed by atoms with van der Waals surface area (Å²) in [4.78, 5) is 3.46. The van der Waals surface area contributed by atoms with Crippen molar-refractivity contribution in [2.45, 2.75) is 25.2 Å². The van der Waals surface area contributed by atoms with Gasteiger partial charge in [0.05, 0.1) is 0 Å². The molecule has 16 heavy (non-hydrogen) atoms. The van der Waals surface area contributed by atoms with Gasteiger partial charge < -0.3 is 10.7 Å². The summed E-state index contributed by atoms with van der Waals surface area (Å²) in [5, 5.41) is 1.33. The third-order valence-electron chi connectivity index (χ3n) is 3.72. The van der Waals surface area contributed by atoms with Gasteiger partial charge in [0.1, 0.15) is 0 Å². The van der Waals surface area contributed by atoms with Crippen molar-refractivity contribution in [2.75, 3.05) is 6.54 Å². The van der Waals surface area contributed by atoms with E-state index in [9.17, 15) is 0 Å². The van der Waals surface area contributed by atoms with Crippen LogP contribution in [0.15, 0.2) is 22.7 Å². The number of benzene rings is 1. The van der Waals surface area contributed by atoms with Crippen LogP contribution in [0.3, 0.4) is 0 Å². The fraction of sp³-hybridized carbons (Fsp3) is 0.385. The lowest BCUT2D eigenvalue weighted by Crippen LogP contribution is -2.20. The zero-order valence-electron chi connectivity index (χ0n) is 9.31. The van der Waals surface area contributed by atoms with Crippen LogP contribution < -0.4 is 5.73 Å². The van der Waals surface area contributed by atoms with Gasteiger partial charge in [0.15, 0.2) is 0 Å². The van der Waals surface area contributed by atoms with Gasteiger partial charge in [-0.3, -0.25) is 0 Å². The smallest absolute Gasteiger partial charge is 0.0459 e. The van der Waals surface area contributed by atoms with Crippen LogP contribution in [0.2, 0.25) is 0 Å². The lowest BCUT2D eigenvalue weighted by molar-refractivity contribution is 0.705. The molecule has 1 saturated carbocycles.